The van der Waals surface area contributed by atoms with Crippen molar-refractivity contribution in [3.8, 4) is 0 Å². The van der Waals surface area contributed by atoms with Gasteiger partial charge in [-0.3, -0.25) is 9.48 Å². The Labute approximate surface area is 140 Å². The SMILES string of the molecule is O=C(Cn1nccc1[C@H]1CCCNC1)N1CCc2sccc2C1. The first kappa shape index (κ1) is 14.9. The second-order valence-electron chi connectivity index (χ2n) is 6.39. The third-order valence-electron chi connectivity index (χ3n) is 4.91. The number of hydrogen-bond donors (Lipinski definition) is 1. The molecule has 1 atom stereocenters. The van der Waals surface area contributed by atoms with E-state index in [2.05, 4.69) is 27.9 Å². The summed E-state index contributed by atoms with van der Waals surface area (Å²) >= 11 is 1.80. The Kier molecular flexibility index (Phi) is 4.18. The lowest BCUT2D eigenvalue weighted by Crippen LogP contribution is -2.38. The van der Waals surface area contributed by atoms with Crippen LogP contribution in [0.1, 0.15) is 34.9 Å². The van der Waals surface area contributed by atoms with Gasteiger partial charge in [0.25, 0.3) is 0 Å². The minimum absolute atomic E-state index is 0.176. The third-order valence-corrected chi connectivity index (χ3v) is 5.93. The van der Waals surface area contributed by atoms with Crippen LogP contribution in [0.2, 0.25) is 0 Å². The zero-order chi connectivity index (χ0) is 15.6. The summed E-state index contributed by atoms with van der Waals surface area (Å²) < 4.78 is 1.91. The lowest BCUT2D eigenvalue weighted by molar-refractivity contribution is -0.133. The molecule has 1 fully saturated rings. The quantitative estimate of drug-likeness (QED) is 0.936. The maximum atomic E-state index is 12.7. The minimum Gasteiger partial charge on any atom is -0.336 e. The van der Waals surface area contributed by atoms with E-state index >= 15 is 0 Å². The highest BCUT2D eigenvalue weighted by Gasteiger charge is 2.24. The highest BCUT2D eigenvalue weighted by molar-refractivity contribution is 7.10. The molecule has 122 valence electrons. The fourth-order valence-corrected chi connectivity index (χ4v) is 4.51. The number of nitrogens with one attached hydrogen (secondary N) is 1. The van der Waals surface area contributed by atoms with E-state index < -0.39 is 0 Å². The van der Waals surface area contributed by atoms with Gasteiger partial charge in [-0.25, -0.2) is 0 Å². The highest BCUT2D eigenvalue weighted by Crippen LogP contribution is 2.25. The molecule has 0 bridgehead atoms. The molecule has 2 aliphatic heterocycles. The smallest absolute Gasteiger partial charge is 0.244 e. The van der Waals surface area contributed by atoms with Gasteiger partial charge in [0.05, 0.1) is 0 Å². The minimum atomic E-state index is 0.176. The number of carbonyl (C=O) groups is 1. The van der Waals surface area contributed by atoms with Crippen LogP contribution in [0.15, 0.2) is 23.7 Å². The molecule has 0 aromatic carbocycles. The molecule has 5 nitrogen and oxygen atoms in total. The Morgan fingerprint density at radius 3 is 3.26 bits per heavy atom. The van der Waals surface area contributed by atoms with Crippen LogP contribution >= 0.6 is 11.3 Å². The van der Waals surface area contributed by atoms with E-state index in [-0.39, 0.29) is 5.91 Å². The monoisotopic (exact) mass is 330 g/mol. The number of thiophene rings is 1. The van der Waals surface area contributed by atoms with Gasteiger partial charge in [0.15, 0.2) is 0 Å². The number of hydrogen-bond acceptors (Lipinski definition) is 4. The maximum absolute atomic E-state index is 12.7. The number of rotatable bonds is 3. The van der Waals surface area contributed by atoms with Crippen molar-refractivity contribution in [1.82, 2.24) is 20.0 Å². The second kappa shape index (κ2) is 6.45. The zero-order valence-corrected chi connectivity index (χ0v) is 14.0. The van der Waals surface area contributed by atoms with E-state index in [1.165, 1.54) is 29.0 Å². The average Bonchev–Trinajstić information content (AvgIpc) is 3.23. The van der Waals surface area contributed by atoms with Crippen LogP contribution in [0.25, 0.3) is 0 Å². The summed E-state index contributed by atoms with van der Waals surface area (Å²) in [6.45, 7) is 4.02. The lowest BCUT2D eigenvalue weighted by Gasteiger charge is -2.28. The van der Waals surface area contributed by atoms with Crippen LogP contribution in [0.3, 0.4) is 0 Å². The van der Waals surface area contributed by atoms with Gasteiger partial charge in [-0.05, 0) is 48.9 Å². The molecule has 2 aromatic rings. The number of amides is 1. The molecule has 6 heteroatoms. The molecule has 4 rings (SSSR count). The van der Waals surface area contributed by atoms with Crippen LogP contribution in [-0.4, -0.2) is 40.2 Å². The highest BCUT2D eigenvalue weighted by atomic mass is 32.1. The molecule has 23 heavy (non-hydrogen) atoms. The van der Waals surface area contributed by atoms with E-state index in [9.17, 15) is 4.79 Å². The summed E-state index contributed by atoms with van der Waals surface area (Å²) in [6, 6.07) is 4.21. The van der Waals surface area contributed by atoms with Gasteiger partial charge in [-0.1, -0.05) is 0 Å². The molecule has 4 heterocycles. The molecule has 1 amide bonds. The first-order valence-corrected chi connectivity index (χ1v) is 9.24. The first-order chi connectivity index (χ1) is 11.3. The molecule has 0 unspecified atom stereocenters. The summed E-state index contributed by atoms with van der Waals surface area (Å²) in [5.41, 5.74) is 2.51. The van der Waals surface area contributed by atoms with Gasteiger partial charge < -0.3 is 10.2 Å². The molecule has 1 saturated heterocycles. The van der Waals surface area contributed by atoms with Crippen molar-refractivity contribution in [3.63, 3.8) is 0 Å². The second-order valence-corrected chi connectivity index (χ2v) is 7.39. The van der Waals surface area contributed by atoms with Gasteiger partial charge >= 0.3 is 0 Å². The van der Waals surface area contributed by atoms with Crippen LogP contribution < -0.4 is 5.32 Å². The fourth-order valence-electron chi connectivity index (χ4n) is 3.62. The predicted octanol–water partition coefficient (Wildman–Crippen LogP) is 2.00. The molecule has 0 saturated carbocycles. The van der Waals surface area contributed by atoms with E-state index in [1.807, 2.05) is 15.8 Å². The Balaban J connectivity index is 1.44. The van der Waals surface area contributed by atoms with E-state index in [1.54, 1.807) is 11.3 Å². The predicted molar refractivity (Wildman–Crippen MR) is 90.5 cm³/mol. The van der Waals surface area contributed by atoms with Crippen molar-refractivity contribution in [2.45, 2.75) is 38.3 Å². The maximum Gasteiger partial charge on any atom is 0.244 e. The van der Waals surface area contributed by atoms with Crippen molar-refractivity contribution in [3.05, 3.63) is 39.8 Å². The summed E-state index contributed by atoms with van der Waals surface area (Å²) in [6.07, 6.45) is 5.17. The first-order valence-electron chi connectivity index (χ1n) is 8.37. The van der Waals surface area contributed by atoms with Crippen LogP contribution in [0.4, 0.5) is 0 Å². The Hall–Kier alpha value is -1.66. The molecule has 2 aliphatic rings. The van der Waals surface area contributed by atoms with E-state index in [4.69, 9.17) is 0 Å². The Morgan fingerprint density at radius 2 is 2.39 bits per heavy atom. The molecular formula is C17H22N4OS. The Morgan fingerprint density at radius 1 is 1.43 bits per heavy atom. The third kappa shape index (κ3) is 3.05. The average molecular weight is 330 g/mol. The molecule has 1 N–H and O–H groups in total. The van der Waals surface area contributed by atoms with E-state index in [0.29, 0.717) is 12.5 Å². The van der Waals surface area contributed by atoms with Gasteiger partial charge in [0, 0.05) is 42.3 Å². The van der Waals surface area contributed by atoms with Crippen LogP contribution in [0.5, 0.6) is 0 Å². The molecule has 0 radical (unpaired) electrons. The topological polar surface area (TPSA) is 50.2 Å². The van der Waals surface area contributed by atoms with Crippen molar-refractivity contribution >= 4 is 17.2 Å². The van der Waals surface area contributed by atoms with Gasteiger partial charge in [-0.15, -0.1) is 11.3 Å². The van der Waals surface area contributed by atoms with Crippen molar-refractivity contribution in [1.29, 1.82) is 0 Å². The number of carbonyl (C=O) groups excluding carboxylic acids is 1. The van der Waals surface area contributed by atoms with Gasteiger partial charge in [-0.2, -0.15) is 5.10 Å². The normalized spacial score (nSPS) is 21.2. The Bertz CT molecular complexity index is 686. The van der Waals surface area contributed by atoms with Gasteiger partial charge in [0.1, 0.15) is 6.54 Å². The standard InChI is InChI=1S/C17H22N4OS/c22-17(20-8-4-16-14(11-20)5-9-23-16)12-21-15(3-7-19-21)13-2-1-6-18-10-13/h3,5,7,9,13,18H,1-2,4,6,8,10-12H2/t13-/m0/s1. The molecule has 2 aromatic heterocycles. The number of piperidine rings is 1. The lowest BCUT2D eigenvalue weighted by atomic mass is 9.96. The number of nitrogens with zero attached hydrogens (tertiary/aromatic N) is 3. The molecule has 0 aliphatic carbocycles. The zero-order valence-electron chi connectivity index (χ0n) is 13.2. The fraction of sp³-hybridized carbons (Fsp3) is 0.529. The van der Waals surface area contributed by atoms with Crippen molar-refractivity contribution in [2.24, 2.45) is 0 Å². The summed E-state index contributed by atoms with van der Waals surface area (Å²) in [7, 11) is 0. The van der Waals surface area contributed by atoms with Crippen LogP contribution in [-0.2, 0) is 24.3 Å². The molecule has 0 spiro atoms. The molecular weight excluding hydrogens is 308 g/mol. The van der Waals surface area contributed by atoms with Crippen molar-refractivity contribution in [2.75, 3.05) is 19.6 Å². The number of fused-ring (bicyclic) bond motifs is 1. The van der Waals surface area contributed by atoms with Crippen LogP contribution in [0, 0.1) is 0 Å². The summed E-state index contributed by atoms with van der Waals surface area (Å²) in [5.74, 6) is 0.652. The summed E-state index contributed by atoms with van der Waals surface area (Å²) in [4.78, 5) is 16.1. The van der Waals surface area contributed by atoms with E-state index in [0.717, 1.165) is 32.6 Å². The van der Waals surface area contributed by atoms with Gasteiger partial charge in [0.2, 0.25) is 5.91 Å². The largest absolute Gasteiger partial charge is 0.336 e. The van der Waals surface area contributed by atoms with Crippen molar-refractivity contribution < 1.29 is 4.79 Å². The number of aromatic nitrogens is 2. The summed E-state index contributed by atoms with van der Waals surface area (Å²) in [5, 5.41) is 9.97.